The van der Waals surface area contributed by atoms with E-state index < -0.39 is 16.4 Å². The number of carbonyl (C=O) groups is 1. The number of nitro groups is 1. The topological polar surface area (TPSA) is 86.2 Å². The first-order chi connectivity index (χ1) is 13.0. The fourth-order valence-electron chi connectivity index (χ4n) is 3.25. The van der Waals surface area contributed by atoms with Crippen LogP contribution in [0.1, 0.15) is 89.0 Å². The predicted molar refractivity (Wildman–Crippen MR) is 106 cm³/mol. The smallest absolute Gasteiger partial charge is 0.305 e. The fraction of sp³-hybridized carbons (Fsp3) is 0.667. The van der Waals surface area contributed by atoms with Gasteiger partial charge in [0.1, 0.15) is 0 Å². The molecule has 5 nitrogen and oxygen atoms in total. The lowest BCUT2D eigenvalue weighted by molar-refractivity contribution is -0.387. The van der Waals surface area contributed by atoms with Crippen molar-refractivity contribution in [3.63, 3.8) is 0 Å². The summed E-state index contributed by atoms with van der Waals surface area (Å²) in [4.78, 5) is 20.7. The molecule has 0 heterocycles. The minimum atomic E-state index is -0.769. The lowest BCUT2D eigenvalue weighted by Crippen LogP contribution is -2.09. The quantitative estimate of drug-likeness (QED) is 0.222. The van der Waals surface area contributed by atoms with Gasteiger partial charge in [-0.15, -0.1) is 0 Å². The first-order valence-corrected chi connectivity index (χ1v) is 10.2. The molecule has 2 N–H and O–H groups in total. The Morgan fingerprint density at radius 3 is 1.85 bits per heavy atom. The average Bonchev–Trinajstić information content (AvgIpc) is 2.62. The van der Waals surface area contributed by atoms with Crippen LogP contribution in [0.2, 0.25) is 0 Å². The second-order valence-corrected chi connectivity index (χ2v) is 7.25. The molecule has 1 aromatic carbocycles. The minimum Gasteiger partial charge on any atom is -0.370 e. The van der Waals surface area contributed by atoms with Crippen molar-refractivity contribution in [3.05, 3.63) is 39.7 Å². The number of primary amides is 1. The Morgan fingerprint density at radius 1 is 0.889 bits per heavy atom. The van der Waals surface area contributed by atoms with Crippen molar-refractivity contribution in [2.75, 3.05) is 0 Å². The molecule has 0 aliphatic carbocycles. The van der Waals surface area contributed by atoms with Gasteiger partial charge in [-0.25, -0.2) is 0 Å². The van der Waals surface area contributed by atoms with Gasteiger partial charge in [0.05, 0.1) is 4.92 Å². The Labute approximate surface area is 161 Å². The Hall–Kier alpha value is -1.98. The molecule has 1 rings (SSSR count). The summed E-state index contributed by atoms with van der Waals surface area (Å²) < 4.78 is 13.3. The van der Waals surface area contributed by atoms with E-state index in [2.05, 4.69) is 0 Å². The molecule has 0 atom stereocenters. The van der Waals surface area contributed by atoms with Crippen LogP contribution < -0.4 is 5.73 Å². The molecule has 0 spiro atoms. The van der Waals surface area contributed by atoms with Gasteiger partial charge in [0, 0.05) is 12.5 Å². The standard InChI is InChI=1S/C21H33FN2O3/c22-19-16-15-18(17-20(19)24(26)27)13-11-9-7-5-3-1-2-4-6-8-10-12-14-21(23)25/h15-17H,1-14H2,(H2,23,25). The van der Waals surface area contributed by atoms with Gasteiger partial charge in [0.15, 0.2) is 0 Å². The van der Waals surface area contributed by atoms with Crippen LogP contribution in [0, 0.1) is 15.9 Å². The number of rotatable bonds is 16. The van der Waals surface area contributed by atoms with Crippen molar-refractivity contribution in [2.45, 2.75) is 89.9 Å². The van der Waals surface area contributed by atoms with E-state index in [1.807, 2.05) is 0 Å². The Bertz CT molecular complexity index is 579. The number of carbonyl (C=O) groups excluding carboxylic acids is 1. The van der Waals surface area contributed by atoms with Gasteiger partial charge in [-0.1, -0.05) is 70.3 Å². The third-order valence-corrected chi connectivity index (χ3v) is 4.85. The molecule has 6 heteroatoms. The summed E-state index contributed by atoms with van der Waals surface area (Å²) in [5.41, 5.74) is 5.51. The zero-order chi connectivity index (χ0) is 19.9. The number of amides is 1. The number of unbranched alkanes of at least 4 members (excludes halogenated alkanes) is 11. The minimum absolute atomic E-state index is 0.200. The third-order valence-electron chi connectivity index (χ3n) is 4.85. The molecular weight excluding hydrogens is 347 g/mol. The first-order valence-electron chi connectivity index (χ1n) is 10.2. The average molecular weight is 381 g/mol. The van der Waals surface area contributed by atoms with Crippen LogP contribution in [0.25, 0.3) is 0 Å². The summed E-state index contributed by atoms with van der Waals surface area (Å²) in [6, 6.07) is 4.17. The lowest BCUT2D eigenvalue weighted by Gasteiger charge is -2.04. The maximum atomic E-state index is 13.3. The van der Waals surface area contributed by atoms with Crippen LogP contribution in [-0.4, -0.2) is 10.8 Å². The monoisotopic (exact) mass is 380 g/mol. The molecule has 0 bridgehead atoms. The maximum Gasteiger partial charge on any atom is 0.305 e. The normalized spacial score (nSPS) is 10.9. The van der Waals surface area contributed by atoms with Crippen molar-refractivity contribution >= 4 is 11.6 Å². The van der Waals surface area contributed by atoms with Crippen LogP contribution in [0.15, 0.2) is 18.2 Å². The summed E-state index contributed by atoms with van der Waals surface area (Å²) >= 11 is 0. The molecule has 0 aromatic heterocycles. The molecule has 0 unspecified atom stereocenters. The number of hydrogen-bond donors (Lipinski definition) is 1. The van der Waals surface area contributed by atoms with Crippen LogP contribution in [0.3, 0.4) is 0 Å². The molecule has 0 saturated heterocycles. The third kappa shape index (κ3) is 11.4. The highest BCUT2D eigenvalue weighted by molar-refractivity contribution is 5.73. The van der Waals surface area contributed by atoms with E-state index in [1.54, 1.807) is 6.07 Å². The lowest BCUT2D eigenvalue weighted by atomic mass is 10.0. The summed E-state index contributed by atoms with van der Waals surface area (Å²) in [5.74, 6) is -0.969. The van der Waals surface area contributed by atoms with Crippen LogP contribution in [0.4, 0.5) is 10.1 Å². The summed E-state index contributed by atoms with van der Waals surface area (Å²) in [6.07, 6.45) is 15.3. The second kappa shape index (κ2) is 14.1. The number of aryl methyl sites for hydroxylation is 1. The van der Waals surface area contributed by atoms with Gasteiger partial charge in [0.25, 0.3) is 0 Å². The molecular formula is C21H33FN2O3. The number of nitrogens with zero attached hydrogens (tertiary/aromatic N) is 1. The maximum absolute atomic E-state index is 13.3. The summed E-state index contributed by atoms with van der Waals surface area (Å²) in [6.45, 7) is 0. The first kappa shape index (κ1) is 23.1. The van der Waals surface area contributed by atoms with Crippen molar-refractivity contribution < 1.29 is 14.1 Å². The Morgan fingerprint density at radius 2 is 1.37 bits per heavy atom. The molecule has 27 heavy (non-hydrogen) atoms. The molecule has 0 radical (unpaired) electrons. The highest BCUT2D eigenvalue weighted by atomic mass is 19.1. The van der Waals surface area contributed by atoms with Crippen LogP contribution in [0.5, 0.6) is 0 Å². The number of benzene rings is 1. The van der Waals surface area contributed by atoms with Gasteiger partial charge >= 0.3 is 5.69 Å². The highest BCUT2D eigenvalue weighted by Crippen LogP contribution is 2.20. The Kier molecular flexibility index (Phi) is 12.1. The molecule has 1 amide bonds. The summed E-state index contributed by atoms with van der Waals surface area (Å²) in [7, 11) is 0. The second-order valence-electron chi connectivity index (χ2n) is 7.25. The highest BCUT2D eigenvalue weighted by Gasteiger charge is 2.13. The predicted octanol–water partition coefficient (Wildman–Crippen LogP) is 5.83. The van der Waals surface area contributed by atoms with Crippen molar-refractivity contribution in [3.8, 4) is 0 Å². The summed E-state index contributed by atoms with van der Waals surface area (Å²) in [5, 5.41) is 10.7. The number of nitro benzene ring substituents is 1. The van der Waals surface area contributed by atoms with E-state index in [9.17, 15) is 19.3 Å². The zero-order valence-electron chi connectivity index (χ0n) is 16.3. The van der Waals surface area contributed by atoms with Crippen molar-refractivity contribution in [2.24, 2.45) is 5.73 Å². The van der Waals surface area contributed by atoms with Gasteiger partial charge in [0.2, 0.25) is 11.7 Å². The molecule has 0 aliphatic rings. The van der Waals surface area contributed by atoms with E-state index >= 15 is 0 Å². The molecule has 0 aliphatic heterocycles. The zero-order valence-corrected chi connectivity index (χ0v) is 16.3. The van der Waals surface area contributed by atoms with Gasteiger partial charge in [-0.2, -0.15) is 4.39 Å². The van der Waals surface area contributed by atoms with Gasteiger partial charge in [-0.05, 0) is 30.9 Å². The number of halogens is 1. The SMILES string of the molecule is NC(=O)CCCCCCCCCCCCCCc1ccc(F)c([N+](=O)[O-])c1. The number of hydrogen-bond acceptors (Lipinski definition) is 3. The van der Waals surface area contributed by atoms with Gasteiger partial charge in [-0.3, -0.25) is 14.9 Å². The van der Waals surface area contributed by atoms with E-state index in [1.165, 1.54) is 63.5 Å². The number of nitrogens with two attached hydrogens (primary N) is 1. The fourth-order valence-corrected chi connectivity index (χ4v) is 3.25. The molecule has 1 aromatic rings. The van der Waals surface area contributed by atoms with E-state index in [0.717, 1.165) is 37.7 Å². The van der Waals surface area contributed by atoms with Crippen LogP contribution >= 0.6 is 0 Å². The molecule has 0 fully saturated rings. The molecule has 152 valence electrons. The van der Waals surface area contributed by atoms with E-state index in [-0.39, 0.29) is 5.91 Å². The van der Waals surface area contributed by atoms with E-state index in [4.69, 9.17) is 5.73 Å². The van der Waals surface area contributed by atoms with E-state index in [0.29, 0.717) is 6.42 Å². The van der Waals surface area contributed by atoms with Crippen molar-refractivity contribution in [1.29, 1.82) is 0 Å². The van der Waals surface area contributed by atoms with Crippen LogP contribution in [-0.2, 0) is 11.2 Å². The Balaban J connectivity index is 1.93. The largest absolute Gasteiger partial charge is 0.370 e. The van der Waals surface area contributed by atoms with Gasteiger partial charge < -0.3 is 5.73 Å². The van der Waals surface area contributed by atoms with Crippen molar-refractivity contribution in [1.82, 2.24) is 0 Å². The molecule has 0 saturated carbocycles.